The van der Waals surface area contributed by atoms with Crippen molar-refractivity contribution >= 4 is 34.9 Å². The highest BCUT2D eigenvalue weighted by atomic mass is 35.5. The first-order chi connectivity index (χ1) is 10.6. The molecule has 2 aromatic rings. The predicted molar refractivity (Wildman–Crippen MR) is 90.0 cm³/mol. The van der Waals surface area contributed by atoms with Gasteiger partial charge in [0.05, 0.1) is 11.6 Å². The molecular weight excluding hydrogens is 323 g/mol. The number of ether oxygens (including phenoxy) is 1. The van der Waals surface area contributed by atoms with Crippen LogP contribution in [0, 0.1) is 0 Å². The Bertz CT molecular complexity index is 618. The van der Waals surface area contributed by atoms with Crippen LogP contribution in [0.5, 0.6) is 5.75 Å². The minimum Gasteiger partial charge on any atom is -0.492 e. The summed E-state index contributed by atoms with van der Waals surface area (Å²) in [7, 11) is 0. The molecule has 0 atom stereocenters. The Morgan fingerprint density at radius 1 is 1.05 bits per heavy atom. The molecule has 0 spiro atoms. The Kier molecular flexibility index (Phi) is 6.37. The summed E-state index contributed by atoms with van der Waals surface area (Å²) in [5, 5.41) is 6.67. The maximum absolute atomic E-state index is 11.7. The standard InChI is InChI=1S/C16H16Cl2N2O2/c17-12-6-8-13(9-7-12)20-16(21)19-10-3-11-22-15-5-2-1-4-14(15)18/h1-2,4-9H,3,10-11H2,(H2,19,20,21). The van der Waals surface area contributed by atoms with E-state index in [1.807, 2.05) is 18.2 Å². The van der Waals surface area contributed by atoms with Crippen LogP contribution in [0.3, 0.4) is 0 Å². The number of urea groups is 1. The Labute approximate surface area is 139 Å². The van der Waals surface area contributed by atoms with Crippen LogP contribution in [0.1, 0.15) is 6.42 Å². The van der Waals surface area contributed by atoms with Crippen LogP contribution in [0.2, 0.25) is 10.0 Å². The van der Waals surface area contributed by atoms with E-state index in [4.69, 9.17) is 27.9 Å². The lowest BCUT2D eigenvalue weighted by Gasteiger charge is -2.09. The van der Waals surface area contributed by atoms with Gasteiger partial charge in [-0.2, -0.15) is 0 Å². The number of halogens is 2. The largest absolute Gasteiger partial charge is 0.492 e. The molecule has 2 amide bonds. The minimum absolute atomic E-state index is 0.264. The Morgan fingerprint density at radius 2 is 1.77 bits per heavy atom. The lowest BCUT2D eigenvalue weighted by atomic mass is 10.3. The second-order valence-corrected chi connectivity index (χ2v) is 5.36. The van der Waals surface area contributed by atoms with E-state index in [-0.39, 0.29) is 6.03 Å². The molecule has 0 radical (unpaired) electrons. The average molecular weight is 339 g/mol. The smallest absolute Gasteiger partial charge is 0.319 e. The zero-order valence-electron chi connectivity index (χ0n) is 11.8. The summed E-state index contributed by atoms with van der Waals surface area (Å²) in [6.45, 7) is 0.981. The molecule has 2 rings (SSSR count). The molecule has 0 aliphatic heterocycles. The van der Waals surface area contributed by atoms with Crippen molar-refractivity contribution in [1.29, 1.82) is 0 Å². The van der Waals surface area contributed by atoms with Gasteiger partial charge in [0, 0.05) is 17.3 Å². The molecule has 0 heterocycles. The second-order valence-electron chi connectivity index (χ2n) is 4.52. The monoisotopic (exact) mass is 338 g/mol. The average Bonchev–Trinajstić information content (AvgIpc) is 2.51. The first kappa shape index (κ1) is 16.5. The fourth-order valence-electron chi connectivity index (χ4n) is 1.73. The van der Waals surface area contributed by atoms with Crippen molar-refractivity contribution in [3.63, 3.8) is 0 Å². The van der Waals surface area contributed by atoms with Gasteiger partial charge in [-0.15, -0.1) is 0 Å². The number of carbonyl (C=O) groups excluding carboxylic acids is 1. The van der Waals surface area contributed by atoms with Gasteiger partial charge in [0.25, 0.3) is 0 Å². The van der Waals surface area contributed by atoms with E-state index in [1.54, 1.807) is 30.3 Å². The molecular formula is C16H16Cl2N2O2. The number of amides is 2. The zero-order valence-corrected chi connectivity index (χ0v) is 13.3. The van der Waals surface area contributed by atoms with Crippen molar-refractivity contribution in [1.82, 2.24) is 5.32 Å². The van der Waals surface area contributed by atoms with Crippen LogP contribution in [-0.2, 0) is 0 Å². The summed E-state index contributed by atoms with van der Waals surface area (Å²) in [5.41, 5.74) is 0.689. The lowest BCUT2D eigenvalue weighted by molar-refractivity contribution is 0.250. The first-order valence-electron chi connectivity index (χ1n) is 6.83. The molecule has 0 bridgehead atoms. The number of hydrogen-bond donors (Lipinski definition) is 2. The molecule has 0 fully saturated rings. The lowest BCUT2D eigenvalue weighted by Crippen LogP contribution is -2.30. The number of benzene rings is 2. The van der Waals surface area contributed by atoms with Gasteiger partial charge in [-0.25, -0.2) is 4.79 Å². The van der Waals surface area contributed by atoms with Crippen LogP contribution in [0.4, 0.5) is 10.5 Å². The quantitative estimate of drug-likeness (QED) is 0.757. The van der Waals surface area contributed by atoms with Gasteiger partial charge in [0.1, 0.15) is 5.75 Å². The van der Waals surface area contributed by atoms with Crippen LogP contribution < -0.4 is 15.4 Å². The molecule has 0 saturated heterocycles. The van der Waals surface area contributed by atoms with Gasteiger partial charge in [-0.05, 0) is 42.8 Å². The van der Waals surface area contributed by atoms with Gasteiger partial charge in [-0.1, -0.05) is 35.3 Å². The highest BCUT2D eigenvalue weighted by Crippen LogP contribution is 2.22. The fraction of sp³-hybridized carbons (Fsp3) is 0.188. The maximum atomic E-state index is 11.7. The minimum atomic E-state index is -0.264. The van der Waals surface area contributed by atoms with Crippen LogP contribution in [-0.4, -0.2) is 19.2 Å². The van der Waals surface area contributed by atoms with E-state index in [0.29, 0.717) is 41.1 Å². The highest BCUT2D eigenvalue weighted by molar-refractivity contribution is 6.32. The first-order valence-corrected chi connectivity index (χ1v) is 7.58. The SMILES string of the molecule is O=C(NCCCOc1ccccc1Cl)Nc1ccc(Cl)cc1. The van der Waals surface area contributed by atoms with Crippen molar-refractivity contribution in [2.24, 2.45) is 0 Å². The van der Waals surface area contributed by atoms with Crippen molar-refractivity contribution in [2.75, 3.05) is 18.5 Å². The van der Waals surface area contributed by atoms with Gasteiger partial charge >= 0.3 is 6.03 Å². The van der Waals surface area contributed by atoms with Crippen molar-refractivity contribution in [2.45, 2.75) is 6.42 Å². The van der Waals surface area contributed by atoms with E-state index >= 15 is 0 Å². The van der Waals surface area contributed by atoms with Crippen molar-refractivity contribution in [3.05, 3.63) is 58.6 Å². The van der Waals surface area contributed by atoms with E-state index in [9.17, 15) is 4.79 Å². The number of carbonyl (C=O) groups is 1. The van der Waals surface area contributed by atoms with Gasteiger partial charge in [0.2, 0.25) is 0 Å². The number of nitrogens with one attached hydrogen (secondary N) is 2. The van der Waals surface area contributed by atoms with Gasteiger partial charge in [0.15, 0.2) is 0 Å². The third kappa shape index (κ3) is 5.47. The van der Waals surface area contributed by atoms with E-state index in [2.05, 4.69) is 10.6 Å². The summed E-state index contributed by atoms with van der Waals surface area (Å²) in [6.07, 6.45) is 0.680. The van der Waals surface area contributed by atoms with E-state index in [0.717, 1.165) is 0 Å². The Hall–Kier alpha value is -1.91. The number of para-hydroxylation sites is 1. The number of anilines is 1. The molecule has 22 heavy (non-hydrogen) atoms. The molecule has 2 aromatic carbocycles. The molecule has 4 nitrogen and oxygen atoms in total. The summed E-state index contributed by atoms with van der Waals surface area (Å²) < 4.78 is 5.53. The molecule has 0 aliphatic rings. The van der Waals surface area contributed by atoms with Crippen LogP contribution >= 0.6 is 23.2 Å². The van der Waals surface area contributed by atoms with E-state index in [1.165, 1.54) is 0 Å². The molecule has 0 aliphatic carbocycles. The topological polar surface area (TPSA) is 50.4 Å². The molecule has 0 unspecified atom stereocenters. The van der Waals surface area contributed by atoms with E-state index < -0.39 is 0 Å². The van der Waals surface area contributed by atoms with Crippen LogP contribution in [0.25, 0.3) is 0 Å². The number of rotatable bonds is 6. The normalized spacial score (nSPS) is 10.1. The number of hydrogen-bond acceptors (Lipinski definition) is 2. The molecule has 116 valence electrons. The third-order valence-electron chi connectivity index (χ3n) is 2.80. The Balaban J connectivity index is 1.63. The van der Waals surface area contributed by atoms with Gasteiger partial charge in [-0.3, -0.25) is 0 Å². The summed E-state index contributed by atoms with van der Waals surface area (Å²) >= 11 is 11.8. The summed E-state index contributed by atoms with van der Waals surface area (Å²) in [4.78, 5) is 11.7. The molecule has 0 saturated carbocycles. The highest BCUT2D eigenvalue weighted by Gasteiger charge is 2.02. The molecule has 0 aromatic heterocycles. The van der Waals surface area contributed by atoms with Crippen LogP contribution in [0.15, 0.2) is 48.5 Å². The summed E-state index contributed by atoms with van der Waals surface area (Å²) in [5.74, 6) is 0.648. The molecule has 6 heteroatoms. The predicted octanol–water partition coefficient (Wildman–Crippen LogP) is 4.58. The zero-order chi connectivity index (χ0) is 15.8. The maximum Gasteiger partial charge on any atom is 0.319 e. The van der Waals surface area contributed by atoms with Crippen molar-refractivity contribution in [3.8, 4) is 5.75 Å². The van der Waals surface area contributed by atoms with Gasteiger partial charge < -0.3 is 15.4 Å². The van der Waals surface area contributed by atoms with Crippen molar-refractivity contribution < 1.29 is 9.53 Å². The summed E-state index contributed by atoms with van der Waals surface area (Å²) in [6, 6.07) is 13.9. The fourth-order valence-corrected chi connectivity index (χ4v) is 2.04. The Morgan fingerprint density at radius 3 is 2.50 bits per heavy atom. The third-order valence-corrected chi connectivity index (χ3v) is 3.37. The second kappa shape index (κ2) is 8.51. The molecule has 2 N–H and O–H groups in total.